The van der Waals surface area contributed by atoms with Gasteiger partial charge in [0.2, 0.25) is 0 Å². The van der Waals surface area contributed by atoms with Gasteiger partial charge in [0, 0.05) is 51.0 Å². The van der Waals surface area contributed by atoms with Crippen LogP contribution >= 0.6 is 0 Å². The summed E-state index contributed by atoms with van der Waals surface area (Å²) in [6.07, 6.45) is 12.0. The molecular formula is C25H37N5O2. The number of hydrogen-bond donors (Lipinski definition) is 1. The Morgan fingerprint density at radius 2 is 1.75 bits per heavy atom. The van der Waals surface area contributed by atoms with Crippen molar-refractivity contribution in [2.45, 2.75) is 70.0 Å². The molecule has 7 nitrogen and oxygen atoms in total. The van der Waals surface area contributed by atoms with E-state index in [1.807, 2.05) is 29.3 Å². The summed E-state index contributed by atoms with van der Waals surface area (Å²) >= 11 is 0. The van der Waals surface area contributed by atoms with Gasteiger partial charge in [0.25, 0.3) is 5.91 Å². The van der Waals surface area contributed by atoms with Crippen molar-refractivity contribution in [3.05, 3.63) is 35.8 Å². The highest BCUT2D eigenvalue weighted by Crippen LogP contribution is 2.25. The second-order valence-electron chi connectivity index (χ2n) is 9.76. The number of nitrogens with zero attached hydrogens (tertiary/aromatic N) is 5. The fourth-order valence-corrected chi connectivity index (χ4v) is 5.92. The van der Waals surface area contributed by atoms with Crippen LogP contribution in [0.1, 0.15) is 67.5 Å². The molecule has 174 valence electrons. The number of aliphatic hydroxyl groups is 1. The van der Waals surface area contributed by atoms with Crippen molar-refractivity contribution in [2.75, 3.05) is 39.3 Å². The van der Waals surface area contributed by atoms with E-state index in [0.717, 1.165) is 63.3 Å². The van der Waals surface area contributed by atoms with Crippen LogP contribution in [-0.4, -0.2) is 86.5 Å². The molecule has 0 bridgehead atoms. The third-order valence-electron chi connectivity index (χ3n) is 7.84. The van der Waals surface area contributed by atoms with E-state index >= 15 is 0 Å². The van der Waals surface area contributed by atoms with Crippen LogP contribution in [0.4, 0.5) is 0 Å². The highest BCUT2D eigenvalue weighted by Gasteiger charge is 2.31. The first-order chi connectivity index (χ1) is 15.7. The van der Waals surface area contributed by atoms with Gasteiger partial charge in [-0.15, -0.1) is 0 Å². The van der Waals surface area contributed by atoms with Crippen molar-refractivity contribution in [1.82, 2.24) is 24.1 Å². The molecule has 2 aromatic heterocycles. The van der Waals surface area contributed by atoms with Crippen molar-refractivity contribution in [3.8, 4) is 0 Å². The van der Waals surface area contributed by atoms with E-state index in [1.54, 1.807) is 0 Å². The topological polar surface area (TPSA) is 64.3 Å². The number of rotatable bonds is 5. The van der Waals surface area contributed by atoms with Gasteiger partial charge in [0.05, 0.1) is 12.3 Å². The second kappa shape index (κ2) is 9.89. The van der Waals surface area contributed by atoms with Crippen LogP contribution in [-0.2, 0) is 6.54 Å². The number of piperidine rings is 1. The Bertz CT molecular complexity index is 914. The summed E-state index contributed by atoms with van der Waals surface area (Å²) < 4.78 is 2.06. The van der Waals surface area contributed by atoms with E-state index in [1.165, 1.54) is 32.1 Å². The number of aliphatic hydroxyl groups excluding tert-OH is 1. The molecule has 5 rings (SSSR count). The Balaban J connectivity index is 1.34. The molecule has 1 atom stereocenters. The highest BCUT2D eigenvalue weighted by molar-refractivity contribution is 5.94. The average Bonchev–Trinajstić information content (AvgIpc) is 3.23. The number of fused-ring (bicyclic) bond motifs is 1. The number of amides is 1. The molecule has 3 fully saturated rings. The Morgan fingerprint density at radius 3 is 2.53 bits per heavy atom. The Labute approximate surface area is 191 Å². The molecule has 4 heterocycles. The van der Waals surface area contributed by atoms with E-state index in [-0.39, 0.29) is 18.6 Å². The van der Waals surface area contributed by atoms with Gasteiger partial charge in [0.15, 0.2) is 5.69 Å². The summed E-state index contributed by atoms with van der Waals surface area (Å²) in [7, 11) is 0. The normalized spacial score (nSPS) is 24.3. The fraction of sp³-hybridized carbons (Fsp3) is 0.680. The van der Waals surface area contributed by atoms with Crippen LogP contribution in [0.5, 0.6) is 0 Å². The fourth-order valence-electron chi connectivity index (χ4n) is 5.92. The molecule has 32 heavy (non-hydrogen) atoms. The number of carbonyl (C=O) groups is 1. The zero-order chi connectivity index (χ0) is 21.9. The molecule has 1 aliphatic carbocycles. The summed E-state index contributed by atoms with van der Waals surface area (Å²) in [4.78, 5) is 25.4. The van der Waals surface area contributed by atoms with Crippen molar-refractivity contribution < 1.29 is 9.90 Å². The van der Waals surface area contributed by atoms with Crippen LogP contribution in [0.3, 0.4) is 0 Å². The SMILES string of the molecule is O=C(c1nc2ccccn2c1CN1CCCCC1CO)N1CCN(C2CCCCC2)CC1. The van der Waals surface area contributed by atoms with Gasteiger partial charge in [-0.3, -0.25) is 14.6 Å². The summed E-state index contributed by atoms with van der Waals surface area (Å²) in [6.45, 7) is 5.29. The van der Waals surface area contributed by atoms with Crippen molar-refractivity contribution in [3.63, 3.8) is 0 Å². The lowest BCUT2D eigenvalue weighted by molar-refractivity contribution is 0.0513. The van der Waals surface area contributed by atoms with E-state index in [4.69, 9.17) is 4.98 Å². The molecule has 1 saturated carbocycles. The lowest BCUT2D eigenvalue weighted by Gasteiger charge is -2.40. The lowest BCUT2D eigenvalue weighted by Crippen LogP contribution is -2.52. The summed E-state index contributed by atoms with van der Waals surface area (Å²) in [6, 6.07) is 6.82. The molecule has 1 N–H and O–H groups in total. The Kier molecular flexibility index (Phi) is 6.76. The third kappa shape index (κ3) is 4.43. The number of piperazine rings is 1. The molecule has 1 unspecified atom stereocenters. The van der Waals surface area contributed by atoms with Crippen LogP contribution in [0.2, 0.25) is 0 Å². The number of carbonyl (C=O) groups excluding carboxylic acids is 1. The van der Waals surface area contributed by atoms with Crippen LogP contribution in [0.15, 0.2) is 24.4 Å². The first-order valence-corrected chi connectivity index (χ1v) is 12.6. The first kappa shape index (κ1) is 21.9. The predicted molar refractivity (Wildman–Crippen MR) is 125 cm³/mol. The molecular weight excluding hydrogens is 402 g/mol. The predicted octanol–water partition coefficient (Wildman–Crippen LogP) is 2.77. The Morgan fingerprint density at radius 1 is 0.969 bits per heavy atom. The molecule has 2 aliphatic heterocycles. The van der Waals surface area contributed by atoms with E-state index in [2.05, 4.69) is 14.2 Å². The molecule has 7 heteroatoms. The monoisotopic (exact) mass is 439 g/mol. The summed E-state index contributed by atoms with van der Waals surface area (Å²) in [5.74, 6) is 0.0598. The maximum Gasteiger partial charge on any atom is 0.274 e. The quantitative estimate of drug-likeness (QED) is 0.776. The van der Waals surface area contributed by atoms with Gasteiger partial charge >= 0.3 is 0 Å². The lowest BCUT2D eigenvalue weighted by atomic mass is 9.94. The van der Waals surface area contributed by atoms with Crippen LogP contribution in [0, 0.1) is 0 Å². The van der Waals surface area contributed by atoms with Crippen molar-refractivity contribution >= 4 is 11.6 Å². The summed E-state index contributed by atoms with van der Waals surface area (Å²) in [5, 5.41) is 9.87. The number of likely N-dealkylation sites (tertiary alicyclic amines) is 1. The van der Waals surface area contributed by atoms with Gasteiger partial charge in [-0.2, -0.15) is 0 Å². The number of pyridine rings is 1. The number of imidazole rings is 1. The number of aromatic nitrogens is 2. The minimum Gasteiger partial charge on any atom is -0.395 e. The van der Waals surface area contributed by atoms with Crippen LogP contribution < -0.4 is 0 Å². The average molecular weight is 440 g/mol. The molecule has 0 spiro atoms. The van der Waals surface area contributed by atoms with Crippen molar-refractivity contribution in [2.24, 2.45) is 0 Å². The molecule has 1 amide bonds. The zero-order valence-electron chi connectivity index (χ0n) is 19.2. The van der Waals surface area contributed by atoms with Gasteiger partial charge in [-0.25, -0.2) is 4.98 Å². The molecule has 2 saturated heterocycles. The maximum absolute atomic E-state index is 13.6. The van der Waals surface area contributed by atoms with E-state index in [9.17, 15) is 9.90 Å². The van der Waals surface area contributed by atoms with E-state index < -0.39 is 0 Å². The maximum atomic E-state index is 13.6. The second-order valence-corrected chi connectivity index (χ2v) is 9.76. The minimum atomic E-state index is 0.0598. The highest BCUT2D eigenvalue weighted by atomic mass is 16.3. The summed E-state index contributed by atoms with van der Waals surface area (Å²) in [5.41, 5.74) is 2.37. The van der Waals surface area contributed by atoms with Crippen LogP contribution in [0.25, 0.3) is 5.65 Å². The smallest absolute Gasteiger partial charge is 0.274 e. The van der Waals surface area contributed by atoms with Crippen molar-refractivity contribution in [1.29, 1.82) is 0 Å². The molecule has 3 aliphatic rings. The van der Waals surface area contributed by atoms with Gasteiger partial charge in [-0.05, 0) is 44.4 Å². The van der Waals surface area contributed by atoms with Gasteiger partial charge in [-0.1, -0.05) is 31.7 Å². The first-order valence-electron chi connectivity index (χ1n) is 12.6. The molecule has 2 aromatic rings. The third-order valence-corrected chi connectivity index (χ3v) is 7.84. The standard InChI is InChI=1S/C25H37N5O2/c31-19-21-10-4-6-12-29(21)18-22-24(26-23-11-5-7-13-30(22)23)25(32)28-16-14-27(15-17-28)20-8-2-1-3-9-20/h5,7,11,13,20-21,31H,1-4,6,8-10,12,14-19H2. The van der Waals surface area contributed by atoms with Gasteiger partial charge in [0.1, 0.15) is 5.65 Å². The van der Waals surface area contributed by atoms with E-state index in [0.29, 0.717) is 18.3 Å². The largest absolute Gasteiger partial charge is 0.395 e. The molecule has 0 radical (unpaired) electrons. The molecule has 0 aromatic carbocycles. The zero-order valence-corrected chi connectivity index (χ0v) is 19.2. The minimum absolute atomic E-state index is 0.0598. The van der Waals surface area contributed by atoms with Gasteiger partial charge < -0.3 is 14.4 Å². The number of hydrogen-bond acceptors (Lipinski definition) is 5. The Hall–Kier alpha value is -1.96.